The summed E-state index contributed by atoms with van der Waals surface area (Å²) in [6.45, 7) is 4.81. The zero-order valence-electron chi connectivity index (χ0n) is 15.8. The van der Waals surface area contributed by atoms with Gasteiger partial charge in [0.1, 0.15) is 0 Å². The smallest absolute Gasteiger partial charge is 0.307 e. The molecule has 0 aliphatic rings. The monoisotopic (exact) mass is 371 g/mol. The Morgan fingerprint density at radius 1 is 1.11 bits per heavy atom. The van der Waals surface area contributed by atoms with Gasteiger partial charge in [0.25, 0.3) is 5.91 Å². The van der Waals surface area contributed by atoms with Crippen molar-refractivity contribution in [2.24, 2.45) is 5.92 Å². The molecule has 6 nitrogen and oxygen atoms in total. The quantitative estimate of drug-likeness (QED) is 0.696. The number of amides is 1. The van der Waals surface area contributed by atoms with Gasteiger partial charge in [0, 0.05) is 11.3 Å². The zero-order valence-corrected chi connectivity index (χ0v) is 15.8. The Hall–Kier alpha value is -3.02. The zero-order chi connectivity index (χ0) is 19.8. The molecule has 0 heterocycles. The Morgan fingerprint density at radius 3 is 2.52 bits per heavy atom. The second kappa shape index (κ2) is 9.62. The van der Waals surface area contributed by atoms with E-state index >= 15 is 0 Å². The molecule has 0 saturated heterocycles. The standard InChI is InChI=1S/C21H25NO5/c1-14(2)10-11-27-18-9-8-16(12-19(18)26-3)21(25)22-17-7-5-4-6-15(17)13-20(23)24/h4-9,12,14H,10-11,13H2,1-3H3,(H,22,25)(H,23,24). The van der Waals surface area contributed by atoms with Gasteiger partial charge in [-0.2, -0.15) is 0 Å². The highest BCUT2D eigenvalue weighted by molar-refractivity contribution is 6.05. The Kier molecular flexibility index (Phi) is 7.23. The molecule has 144 valence electrons. The van der Waals surface area contributed by atoms with Crippen LogP contribution < -0.4 is 14.8 Å². The average molecular weight is 371 g/mol. The van der Waals surface area contributed by atoms with Crippen molar-refractivity contribution >= 4 is 17.6 Å². The number of aliphatic carboxylic acids is 1. The van der Waals surface area contributed by atoms with E-state index in [1.807, 2.05) is 0 Å². The van der Waals surface area contributed by atoms with E-state index in [-0.39, 0.29) is 12.3 Å². The van der Waals surface area contributed by atoms with Crippen molar-refractivity contribution in [2.45, 2.75) is 26.7 Å². The van der Waals surface area contributed by atoms with E-state index < -0.39 is 5.97 Å². The summed E-state index contributed by atoms with van der Waals surface area (Å²) in [6.07, 6.45) is 0.758. The van der Waals surface area contributed by atoms with Crippen molar-refractivity contribution in [3.8, 4) is 11.5 Å². The first-order valence-electron chi connectivity index (χ1n) is 8.82. The number of carbonyl (C=O) groups excluding carboxylic acids is 1. The summed E-state index contributed by atoms with van der Waals surface area (Å²) >= 11 is 0. The van der Waals surface area contributed by atoms with Gasteiger partial charge in [-0.1, -0.05) is 32.0 Å². The lowest BCUT2D eigenvalue weighted by Gasteiger charge is -2.14. The number of nitrogens with one attached hydrogen (secondary N) is 1. The number of methoxy groups -OCH3 is 1. The molecule has 0 aliphatic heterocycles. The van der Waals surface area contributed by atoms with Crippen molar-refractivity contribution < 1.29 is 24.2 Å². The van der Waals surface area contributed by atoms with Gasteiger partial charge in [0.05, 0.1) is 20.1 Å². The van der Waals surface area contributed by atoms with Crippen molar-refractivity contribution in [1.29, 1.82) is 0 Å². The molecule has 0 fully saturated rings. The van der Waals surface area contributed by atoms with Crippen LogP contribution in [0.3, 0.4) is 0 Å². The van der Waals surface area contributed by atoms with Gasteiger partial charge in [-0.3, -0.25) is 9.59 Å². The number of para-hydroxylation sites is 1. The third-order valence-corrected chi connectivity index (χ3v) is 3.99. The van der Waals surface area contributed by atoms with Gasteiger partial charge in [0.2, 0.25) is 0 Å². The largest absolute Gasteiger partial charge is 0.493 e. The summed E-state index contributed by atoms with van der Waals surface area (Å²) in [6, 6.07) is 11.8. The molecule has 1 amide bonds. The molecule has 0 aliphatic carbocycles. The van der Waals surface area contributed by atoms with E-state index in [0.29, 0.717) is 40.8 Å². The Labute approximate surface area is 159 Å². The van der Waals surface area contributed by atoms with Gasteiger partial charge < -0.3 is 19.9 Å². The number of hydrogen-bond acceptors (Lipinski definition) is 4. The first-order chi connectivity index (χ1) is 12.9. The van der Waals surface area contributed by atoms with E-state index in [0.717, 1.165) is 6.42 Å². The molecule has 6 heteroatoms. The first-order valence-corrected chi connectivity index (χ1v) is 8.82. The van der Waals surface area contributed by atoms with E-state index in [2.05, 4.69) is 19.2 Å². The van der Waals surface area contributed by atoms with Crippen LogP contribution in [0.5, 0.6) is 11.5 Å². The third-order valence-electron chi connectivity index (χ3n) is 3.99. The molecule has 0 aromatic heterocycles. The lowest BCUT2D eigenvalue weighted by molar-refractivity contribution is -0.136. The second-order valence-electron chi connectivity index (χ2n) is 6.58. The minimum Gasteiger partial charge on any atom is -0.493 e. The van der Waals surface area contributed by atoms with Crippen molar-refractivity contribution in [1.82, 2.24) is 0 Å². The van der Waals surface area contributed by atoms with Gasteiger partial charge >= 0.3 is 5.97 Å². The maximum absolute atomic E-state index is 12.6. The fourth-order valence-corrected chi connectivity index (χ4v) is 2.49. The molecular formula is C21H25NO5. The van der Waals surface area contributed by atoms with Crippen LogP contribution in [0.25, 0.3) is 0 Å². The van der Waals surface area contributed by atoms with Gasteiger partial charge in [-0.05, 0) is 42.2 Å². The highest BCUT2D eigenvalue weighted by Crippen LogP contribution is 2.29. The fourth-order valence-electron chi connectivity index (χ4n) is 2.49. The van der Waals surface area contributed by atoms with Crippen LogP contribution in [0.15, 0.2) is 42.5 Å². The van der Waals surface area contributed by atoms with Crippen LogP contribution in [0.1, 0.15) is 36.2 Å². The predicted octanol–water partition coefficient (Wildman–Crippen LogP) is 4.00. The summed E-state index contributed by atoms with van der Waals surface area (Å²) in [5, 5.41) is 11.8. The van der Waals surface area contributed by atoms with E-state index in [1.165, 1.54) is 7.11 Å². The minimum atomic E-state index is -0.957. The number of benzene rings is 2. The number of anilines is 1. The molecule has 0 saturated carbocycles. The molecule has 0 radical (unpaired) electrons. The van der Waals surface area contributed by atoms with Crippen LogP contribution in [0, 0.1) is 5.92 Å². The lowest BCUT2D eigenvalue weighted by atomic mass is 10.1. The minimum absolute atomic E-state index is 0.164. The normalized spacial score (nSPS) is 10.5. The summed E-state index contributed by atoms with van der Waals surface area (Å²) in [5.41, 5.74) is 1.41. The number of rotatable bonds is 9. The Balaban J connectivity index is 2.14. The molecule has 2 aromatic rings. The first kappa shape index (κ1) is 20.3. The number of carboxylic acids is 1. The van der Waals surface area contributed by atoms with Crippen LogP contribution in [0.4, 0.5) is 5.69 Å². The highest BCUT2D eigenvalue weighted by Gasteiger charge is 2.14. The molecule has 0 bridgehead atoms. The van der Waals surface area contributed by atoms with Crippen LogP contribution in [-0.4, -0.2) is 30.7 Å². The molecular weight excluding hydrogens is 346 g/mol. The van der Waals surface area contributed by atoms with E-state index in [1.54, 1.807) is 42.5 Å². The maximum Gasteiger partial charge on any atom is 0.307 e. The molecule has 2 aromatic carbocycles. The van der Waals surface area contributed by atoms with Gasteiger partial charge in [-0.15, -0.1) is 0 Å². The number of hydrogen-bond donors (Lipinski definition) is 2. The van der Waals surface area contributed by atoms with Gasteiger partial charge in [-0.25, -0.2) is 0 Å². The fraction of sp³-hybridized carbons (Fsp3) is 0.333. The molecule has 0 atom stereocenters. The highest BCUT2D eigenvalue weighted by atomic mass is 16.5. The number of carbonyl (C=O) groups is 2. The summed E-state index contributed by atoms with van der Waals surface area (Å²) in [4.78, 5) is 23.6. The van der Waals surface area contributed by atoms with Crippen molar-refractivity contribution in [2.75, 3.05) is 19.0 Å². The van der Waals surface area contributed by atoms with Crippen molar-refractivity contribution in [3.63, 3.8) is 0 Å². The van der Waals surface area contributed by atoms with Crippen LogP contribution in [0.2, 0.25) is 0 Å². The van der Waals surface area contributed by atoms with Crippen LogP contribution >= 0.6 is 0 Å². The molecule has 27 heavy (non-hydrogen) atoms. The number of carboxylic acid groups (broad SMARTS) is 1. The molecule has 0 unspecified atom stereocenters. The Morgan fingerprint density at radius 2 is 1.85 bits per heavy atom. The maximum atomic E-state index is 12.6. The molecule has 0 spiro atoms. The summed E-state index contributed by atoms with van der Waals surface area (Å²) < 4.78 is 11.1. The predicted molar refractivity (Wildman–Crippen MR) is 104 cm³/mol. The lowest BCUT2D eigenvalue weighted by Crippen LogP contribution is -2.14. The summed E-state index contributed by atoms with van der Waals surface area (Å²) in [5.74, 6) is 0.291. The van der Waals surface area contributed by atoms with E-state index in [9.17, 15) is 9.59 Å². The number of ether oxygens (including phenoxy) is 2. The third kappa shape index (κ3) is 6.02. The SMILES string of the molecule is COc1cc(C(=O)Nc2ccccc2CC(=O)O)ccc1OCCC(C)C. The van der Waals surface area contributed by atoms with Gasteiger partial charge in [0.15, 0.2) is 11.5 Å². The second-order valence-corrected chi connectivity index (χ2v) is 6.58. The van der Waals surface area contributed by atoms with Crippen LogP contribution in [-0.2, 0) is 11.2 Å². The Bertz CT molecular complexity index is 801. The van der Waals surface area contributed by atoms with E-state index in [4.69, 9.17) is 14.6 Å². The summed E-state index contributed by atoms with van der Waals surface area (Å²) in [7, 11) is 1.52. The average Bonchev–Trinajstić information content (AvgIpc) is 2.62. The molecule has 2 rings (SSSR count). The molecule has 2 N–H and O–H groups in total. The van der Waals surface area contributed by atoms with Crippen molar-refractivity contribution in [3.05, 3.63) is 53.6 Å². The topological polar surface area (TPSA) is 84.9 Å².